The smallest absolute Gasteiger partial charge is 0.212 e. The Balaban J connectivity index is 2.38. The maximum atomic E-state index is 13.0. The van der Waals surface area contributed by atoms with Gasteiger partial charge in [-0.05, 0) is 37.6 Å². The van der Waals surface area contributed by atoms with Gasteiger partial charge in [0.25, 0.3) is 0 Å². The Kier molecular flexibility index (Phi) is 2.83. The van der Waals surface area contributed by atoms with Crippen LogP contribution >= 0.6 is 11.3 Å². The van der Waals surface area contributed by atoms with Gasteiger partial charge in [-0.1, -0.05) is 0 Å². The molecule has 0 atom stereocenters. The zero-order valence-electron chi connectivity index (χ0n) is 8.95. The van der Waals surface area contributed by atoms with E-state index in [9.17, 15) is 9.18 Å². The molecule has 0 unspecified atom stereocenters. The molecule has 2 rings (SSSR count). The number of ketones is 1. The first-order valence-electron chi connectivity index (χ1n) is 4.81. The van der Waals surface area contributed by atoms with E-state index in [1.807, 2.05) is 6.92 Å². The Bertz CT molecular complexity index is 548. The van der Waals surface area contributed by atoms with E-state index in [2.05, 4.69) is 4.98 Å². The summed E-state index contributed by atoms with van der Waals surface area (Å²) < 4.78 is 13.0. The van der Waals surface area contributed by atoms with Gasteiger partial charge in [0.05, 0.1) is 5.01 Å². The standard InChI is InChI=1S/C12H10FNOS/c1-7-5-9(3-4-10(7)13)12(15)11-6-16-8(2)14-11/h3-6H,1-2H3. The monoisotopic (exact) mass is 235 g/mol. The van der Waals surface area contributed by atoms with Crippen LogP contribution in [0.25, 0.3) is 0 Å². The Morgan fingerprint density at radius 1 is 1.38 bits per heavy atom. The fraction of sp³-hybridized carbons (Fsp3) is 0.167. The van der Waals surface area contributed by atoms with Crippen LogP contribution in [-0.4, -0.2) is 10.8 Å². The molecule has 0 bridgehead atoms. The first-order valence-corrected chi connectivity index (χ1v) is 5.69. The Hall–Kier alpha value is -1.55. The molecule has 1 aromatic heterocycles. The van der Waals surface area contributed by atoms with Crippen LogP contribution in [0.5, 0.6) is 0 Å². The Morgan fingerprint density at radius 3 is 2.69 bits per heavy atom. The van der Waals surface area contributed by atoms with Crippen LogP contribution < -0.4 is 0 Å². The lowest BCUT2D eigenvalue weighted by molar-refractivity contribution is 0.103. The molecule has 2 nitrogen and oxygen atoms in total. The van der Waals surface area contributed by atoms with E-state index in [-0.39, 0.29) is 11.6 Å². The molecule has 1 aromatic carbocycles. The molecule has 82 valence electrons. The lowest BCUT2D eigenvalue weighted by Crippen LogP contribution is -2.02. The summed E-state index contributed by atoms with van der Waals surface area (Å²) in [6.07, 6.45) is 0. The Labute approximate surface area is 96.8 Å². The molecule has 0 N–H and O–H groups in total. The third kappa shape index (κ3) is 2.02. The fourth-order valence-corrected chi connectivity index (χ4v) is 1.99. The third-order valence-electron chi connectivity index (χ3n) is 2.27. The van der Waals surface area contributed by atoms with E-state index in [0.717, 1.165) is 5.01 Å². The van der Waals surface area contributed by atoms with E-state index in [0.29, 0.717) is 16.8 Å². The highest BCUT2D eigenvalue weighted by Crippen LogP contribution is 2.15. The van der Waals surface area contributed by atoms with Gasteiger partial charge in [0.2, 0.25) is 5.78 Å². The number of nitrogens with zero attached hydrogens (tertiary/aromatic N) is 1. The molecule has 0 aliphatic heterocycles. The number of aromatic nitrogens is 1. The van der Waals surface area contributed by atoms with Crippen LogP contribution in [0.4, 0.5) is 4.39 Å². The predicted molar refractivity (Wildman–Crippen MR) is 61.4 cm³/mol. The molecule has 0 aliphatic rings. The average molecular weight is 235 g/mol. The molecule has 0 spiro atoms. The van der Waals surface area contributed by atoms with E-state index in [1.54, 1.807) is 18.4 Å². The van der Waals surface area contributed by atoms with Crippen LogP contribution in [-0.2, 0) is 0 Å². The summed E-state index contributed by atoms with van der Waals surface area (Å²) in [6.45, 7) is 3.48. The minimum Gasteiger partial charge on any atom is -0.287 e. The normalized spacial score (nSPS) is 10.4. The molecule has 0 saturated heterocycles. The predicted octanol–water partition coefficient (Wildman–Crippen LogP) is 3.13. The van der Waals surface area contributed by atoms with E-state index in [1.165, 1.54) is 23.5 Å². The van der Waals surface area contributed by atoms with Gasteiger partial charge in [-0.15, -0.1) is 11.3 Å². The van der Waals surface area contributed by atoms with Crippen molar-refractivity contribution in [1.82, 2.24) is 4.98 Å². The zero-order valence-corrected chi connectivity index (χ0v) is 9.77. The second kappa shape index (κ2) is 4.14. The van der Waals surface area contributed by atoms with Crippen molar-refractivity contribution >= 4 is 17.1 Å². The van der Waals surface area contributed by atoms with Crippen molar-refractivity contribution < 1.29 is 9.18 Å². The van der Waals surface area contributed by atoms with Gasteiger partial charge in [0.15, 0.2) is 0 Å². The molecular formula is C12H10FNOS. The number of carbonyl (C=O) groups is 1. The SMILES string of the molecule is Cc1nc(C(=O)c2ccc(F)c(C)c2)cs1. The summed E-state index contributed by atoms with van der Waals surface area (Å²) in [5.41, 5.74) is 1.37. The molecular weight excluding hydrogens is 225 g/mol. The van der Waals surface area contributed by atoms with Crippen LogP contribution in [0, 0.1) is 19.7 Å². The quantitative estimate of drug-likeness (QED) is 0.748. The highest BCUT2D eigenvalue weighted by atomic mass is 32.1. The summed E-state index contributed by atoms with van der Waals surface area (Å²) in [5, 5.41) is 2.57. The highest BCUT2D eigenvalue weighted by Gasteiger charge is 2.13. The van der Waals surface area contributed by atoms with Crippen molar-refractivity contribution in [2.75, 3.05) is 0 Å². The van der Waals surface area contributed by atoms with Crippen molar-refractivity contribution in [3.05, 3.63) is 51.2 Å². The fourth-order valence-electron chi connectivity index (χ4n) is 1.40. The number of benzene rings is 1. The number of carbonyl (C=O) groups excluding carboxylic acids is 1. The van der Waals surface area contributed by atoms with Gasteiger partial charge < -0.3 is 0 Å². The van der Waals surface area contributed by atoms with E-state index < -0.39 is 0 Å². The minimum absolute atomic E-state index is 0.160. The Morgan fingerprint density at radius 2 is 2.12 bits per heavy atom. The number of hydrogen-bond acceptors (Lipinski definition) is 3. The van der Waals surface area contributed by atoms with Crippen LogP contribution in [0.15, 0.2) is 23.6 Å². The molecule has 1 heterocycles. The summed E-state index contributed by atoms with van der Waals surface area (Å²) in [4.78, 5) is 16.1. The molecule has 0 aliphatic carbocycles. The van der Waals surface area contributed by atoms with Gasteiger partial charge >= 0.3 is 0 Å². The first-order chi connectivity index (χ1) is 7.58. The second-order valence-corrected chi connectivity index (χ2v) is 4.61. The lowest BCUT2D eigenvalue weighted by atomic mass is 10.1. The van der Waals surface area contributed by atoms with E-state index in [4.69, 9.17) is 0 Å². The summed E-state index contributed by atoms with van der Waals surface area (Å²) in [7, 11) is 0. The number of thiazole rings is 1. The number of hydrogen-bond donors (Lipinski definition) is 0. The van der Waals surface area contributed by atoms with Gasteiger partial charge in [-0.2, -0.15) is 0 Å². The molecule has 4 heteroatoms. The van der Waals surface area contributed by atoms with Crippen LogP contribution in [0.1, 0.15) is 26.6 Å². The topological polar surface area (TPSA) is 30.0 Å². The van der Waals surface area contributed by atoms with Crippen LogP contribution in [0.3, 0.4) is 0 Å². The van der Waals surface area contributed by atoms with Gasteiger partial charge in [0, 0.05) is 10.9 Å². The summed E-state index contributed by atoms with van der Waals surface area (Å²) >= 11 is 1.43. The third-order valence-corrected chi connectivity index (χ3v) is 3.05. The van der Waals surface area contributed by atoms with Gasteiger partial charge in [-0.25, -0.2) is 9.37 Å². The molecule has 16 heavy (non-hydrogen) atoms. The van der Waals surface area contributed by atoms with E-state index >= 15 is 0 Å². The van der Waals surface area contributed by atoms with Crippen molar-refractivity contribution in [3.63, 3.8) is 0 Å². The maximum absolute atomic E-state index is 13.0. The molecule has 0 fully saturated rings. The largest absolute Gasteiger partial charge is 0.287 e. The van der Waals surface area contributed by atoms with Crippen molar-refractivity contribution in [2.45, 2.75) is 13.8 Å². The van der Waals surface area contributed by atoms with Crippen molar-refractivity contribution in [2.24, 2.45) is 0 Å². The molecule has 0 saturated carbocycles. The number of aryl methyl sites for hydroxylation is 2. The summed E-state index contributed by atoms with van der Waals surface area (Å²) in [6, 6.07) is 4.34. The van der Waals surface area contributed by atoms with Gasteiger partial charge in [-0.3, -0.25) is 4.79 Å². The maximum Gasteiger partial charge on any atom is 0.212 e. The minimum atomic E-state index is -0.300. The van der Waals surface area contributed by atoms with Gasteiger partial charge in [0.1, 0.15) is 11.5 Å². The highest BCUT2D eigenvalue weighted by molar-refractivity contribution is 7.09. The summed E-state index contributed by atoms with van der Waals surface area (Å²) in [5.74, 6) is -0.460. The molecule has 2 aromatic rings. The lowest BCUT2D eigenvalue weighted by Gasteiger charge is -2.00. The van der Waals surface area contributed by atoms with Crippen molar-refractivity contribution in [1.29, 1.82) is 0 Å². The second-order valence-electron chi connectivity index (χ2n) is 3.54. The zero-order chi connectivity index (χ0) is 11.7. The van der Waals surface area contributed by atoms with Crippen LogP contribution in [0.2, 0.25) is 0 Å². The average Bonchev–Trinajstić information content (AvgIpc) is 2.68. The first kappa shape index (κ1) is 11.0. The number of rotatable bonds is 2. The van der Waals surface area contributed by atoms with Crippen molar-refractivity contribution in [3.8, 4) is 0 Å². The number of halogens is 1. The molecule has 0 amide bonds. The molecule has 0 radical (unpaired) electrons.